The number of hydrogen-bond acceptors (Lipinski definition) is 3. The van der Waals surface area contributed by atoms with E-state index < -0.39 is 0 Å². The Kier molecular flexibility index (Phi) is 4.74. The molecule has 0 saturated carbocycles. The Hall–Kier alpha value is -1.09. The fourth-order valence-corrected chi connectivity index (χ4v) is 2.09. The van der Waals surface area contributed by atoms with Gasteiger partial charge in [-0.1, -0.05) is 13.8 Å². The molecule has 0 aliphatic heterocycles. The molecule has 0 spiro atoms. The molecule has 0 amide bonds. The zero-order valence-electron chi connectivity index (χ0n) is 10.8. The first-order chi connectivity index (χ1) is 7.63. The van der Waals surface area contributed by atoms with Crippen LogP contribution in [0.15, 0.2) is 12.3 Å². The molecule has 90 valence electrons. The second-order valence-electron chi connectivity index (χ2n) is 4.24. The summed E-state index contributed by atoms with van der Waals surface area (Å²) < 4.78 is 0. The second kappa shape index (κ2) is 5.85. The second-order valence-corrected chi connectivity index (χ2v) is 4.24. The van der Waals surface area contributed by atoms with Crippen LogP contribution >= 0.6 is 0 Å². The first kappa shape index (κ1) is 13.0. The quantitative estimate of drug-likeness (QED) is 0.830. The summed E-state index contributed by atoms with van der Waals surface area (Å²) in [5.74, 6) is 0. The van der Waals surface area contributed by atoms with Gasteiger partial charge in [-0.15, -0.1) is 0 Å². The molecular formula is C13H23N3. The van der Waals surface area contributed by atoms with Crippen molar-refractivity contribution in [1.29, 1.82) is 0 Å². The number of hydrogen-bond donors (Lipinski definition) is 1. The number of nitrogens with two attached hydrogens (primary N) is 1. The monoisotopic (exact) mass is 221 g/mol. The molecule has 0 aliphatic rings. The van der Waals surface area contributed by atoms with Gasteiger partial charge in [0.1, 0.15) is 0 Å². The van der Waals surface area contributed by atoms with Gasteiger partial charge in [-0.05, 0) is 25.8 Å². The Morgan fingerprint density at radius 2 is 2.00 bits per heavy atom. The van der Waals surface area contributed by atoms with Crippen LogP contribution in [0.3, 0.4) is 0 Å². The lowest BCUT2D eigenvalue weighted by Gasteiger charge is -2.30. The van der Waals surface area contributed by atoms with Crippen LogP contribution in [0.5, 0.6) is 0 Å². The van der Waals surface area contributed by atoms with Gasteiger partial charge in [0.2, 0.25) is 0 Å². The molecule has 3 heteroatoms. The Bertz CT molecular complexity index is 332. The topological polar surface area (TPSA) is 42.2 Å². The molecule has 0 saturated heterocycles. The van der Waals surface area contributed by atoms with E-state index in [1.165, 1.54) is 5.69 Å². The molecule has 3 nitrogen and oxygen atoms in total. The van der Waals surface area contributed by atoms with Gasteiger partial charge in [-0.3, -0.25) is 4.98 Å². The third kappa shape index (κ3) is 2.73. The van der Waals surface area contributed by atoms with Crippen molar-refractivity contribution in [2.24, 2.45) is 5.73 Å². The lowest BCUT2D eigenvalue weighted by atomic mass is 10.1. The molecule has 0 unspecified atom stereocenters. The average Bonchev–Trinajstić information content (AvgIpc) is 2.30. The van der Waals surface area contributed by atoms with Gasteiger partial charge >= 0.3 is 0 Å². The highest BCUT2D eigenvalue weighted by molar-refractivity contribution is 5.53. The normalized spacial score (nSPS) is 10.9. The Morgan fingerprint density at radius 1 is 1.38 bits per heavy atom. The van der Waals surface area contributed by atoms with Crippen molar-refractivity contribution in [3.8, 4) is 0 Å². The minimum Gasteiger partial charge on any atom is -0.371 e. The highest BCUT2D eigenvalue weighted by Gasteiger charge is 2.14. The molecule has 0 fully saturated rings. The Balaban J connectivity index is 3.04. The lowest BCUT2D eigenvalue weighted by molar-refractivity contribution is 0.589. The predicted molar refractivity (Wildman–Crippen MR) is 69.6 cm³/mol. The van der Waals surface area contributed by atoms with Crippen LogP contribution in [-0.2, 0) is 6.54 Å². The van der Waals surface area contributed by atoms with Crippen molar-refractivity contribution in [3.05, 3.63) is 23.5 Å². The number of pyridine rings is 1. The van der Waals surface area contributed by atoms with E-state index in [2.05, 4.69) is 36.8 Å². The number of aromatic nitrogens is 1. The van der Waals surface area contributed by atoms with Crippen molar-refractivity contribution < 1.29 is 0 Å². The molecule has 0 aliphatic carbocycles. The summed E-state index contributed by atoms with van der Waals surface area (Å²) in [5, 5.41) is 0. The summed E-state index contributed by atoms with van der Waals surface area (Å²) >= 11 is 0. The maximum atomic E-state index is 5.75. The van der Waals surface area contributed by atoms with Crippen LogP contribution in [0.4, 0.5) is 5.69 Å². The van der Waals surface area contributed by atoms with Gasteiger partial charge in [-0.2, -0.15) is 0 Å². The Morgan fingerprint density at radius 3 is 2.50 bits per heavy atom. The zero-order chi connectivity index (χ0) is 12.1. The SMILES string of the molecule is CCC(CC)N(C)c1cc(C)ncc1CN. The van der Waals surface area contributed by atoms with Crippen LogP contribution < -0.4 is 10.6 Å². The van der Waals surface area contributed by atoms with Gasteiger partial charge in [0.05, 0.1) is 0 Å². The van der Waals surface area contributed by atoms with Crippen LogP contribution in [0.25, 0.3) is 0 Å². The van der Waals surface area contributed by atoms with E-state index in [0.717, 1.165) is 24.1 Å². The van der Waals surface area contributed by atoms with Gasteiger partial charge in [0, 0.05) is 42.8 Å². The van der Waals surface area contributed by atoms with Gasteiger partial charge < -0.3 is 10.6 Å². The third-order valence-electron chi connectivity index (χ3n) is 3.19. The van der Waals surface area contributed by atoms with E-state index in [-0.39, 0.29) is 0 Å². The van der Waals surface area contributed by atoms with E-state index in [0.29, 0.717) is 12.6 Å². The van der Waals surface area contributed by atoms with E-state index in [4.69, 9.17) is 5.73 Å². The molecule has 1 aromatic rings. The lowest BCUT2D eigenvalue weighted by Crippen LogP contribution is -2.31. The largest absolute Gasteiger partial charge is 0.371 e. The molecule has 2 N–H and O–H groups in total. The van der Waals surface area contributed by atoms with Gasteiger partial charge in [0.25, 0.3) is 0 Å². The average molecular weight is 221 g/mol. The van der Waals surface area contributed by atoms with E-state index >= 15 is 0 Å². The smallest absolute Gasteiger partial charge is 0.0445 e. The standard InChI is InChI=1S/C13H23N3/c1-5-12(6-2)16(4)13-7-10(3)15-9-11(13)8-14/h7,9,12H,5-6,8,14H2,1-4H3. The van der Waals surface area contributed by atoms with E-state index in [1.54, 1.807) is 0 Å². The first-order valence-corrected chi connectivity index (χ1v) is 6.02. The number of rotatable bonds is 5. The predicted octanol–water partition coefficient (Wildman–Crippen LogP) is 2.47. The minimum absolute atomic E-state index is 0.549. The van der Waals surface area contributed by atoms with Crippen molar-refractivity contribution >= 4 is 5.69 Å². The Labute approximate surface area is 98.7 Å². The van der Waals surface area contributed by atoms with Crippen molar-refractivity contribution in [2.75, 3.05) is 11.9 Å². The third-order valence-corrected chi connectivity index (χ3v) is 3.19. The fraction of sp³-hybridized carbons (Fsp3) is 0.615. The molecular weight excluding hydrogens is 198 g/mol. The number of anilines is 1. The molecule has 0 aromatic carbocycles. The van der Waals surface area contributed by atoms with Crippen LogP contribution in [0.1, 0.15) is 37.9 Å². The molecule has 0 bridgehead atoms. The zero-order valence-corrected chi connectivity index (χ0v) is 10.8. The molecule has 1 rings (SSSR count). The molecule has 16 heavy (non-hydrogen) atoms. The molecule has 1 aromatic heterocycles. The first-order valence-electron chi connectivity index (χ1n) is 6.02. The summed E-state index contributed by atoms with van der Waals surface area (Å²) in [6, 6.07) is 2.70. The van der Waals surface area contributed by atoms with E-state index in [9.17, 15) is 0 Å². The molecule has 1 heterocycles. The van der Waals surface area contributed by atoms with Crippen molar-refractivity contribution in [3.63, 3.8) is 0 Å². The number of nitrogens with zero attached hydrogens (tertiary/aromatic N) is 2. The van der Waals surface area contributed by atoms with Crippen LogP contribution in [0, 0.1) is 6.92 Å². The van der Waals surface area contributed by atoms with Crippen molar-refractivity contribution in [2.45, 2.75) is 46.2 Å². The fourth-order valence-electron chi connectivity index (χ4n) is 2.09. The highest BCUT2D eigenvalue weighted by atomic mass is 15.1. The summed E-state index contributed by atoms with van der Waals surface area (Å²) in [6.07, 6.45) is 4.19. The van der Waals surface area contributed by atoms with Crippen LogP contribution in [0.2, 0.25) is 0 Å². The summed E-state index contributed by atoms with van der Waals surface area (Å²) in [7, 11) is 2.14. The maximum Gasteiger partial charge on any atom is 0.0445 e. The number of aryl methyl sites for hydroxylation is 1. The molecule has 0 atom stereocenters. The highest BCUT2D eigenvalue weighted by Crippen LogP contribution is 2.23. The van der Waals surface area contributed by atoms with Gasteiger partial charge in [-0.25, -0.2) is 0 Å². The van der Waals surface area contributed by atoms with E-state index in [1.807, 2.05) is 13.1 Å². The van der Waals surface area contributed by atoms with Crippen molar-refractivity contribution in [1.82, 2.24) is 4.98 Å². The molecule has 0 radical (unpaired) electrons. The van der Waals surface area contributed by atoms with Crippen LogP contribution in [-0.4, -0.2) is 18.1 Å². The minimum atomic E-state index is 0.549. The summed E-state index contributed by atoms with van der Waals surface area (Å²) in [5.41, 5.74) is 9.15. The summed E-state index contributed by atoms with van der Waals surface area (Å²) in [4.78, 5) is 6.63. The van der Waals surface area contributed by atoms with Gasteiger partial charge in [0.15, 0.2) is 0 Å². The maximum absolute atomic E-state index is 5.75. The summed E-state index contributed by atoms with van der Waals surface area (Å²) in [6.45, 7) is 7.01.